The van der Waals surface area contributed by atoms with Crippen LogP contribution >= 0.6 is 0 Å². The van der Waals surface area contributed by atoms with Crippen LogP contribution in [-0.4, -0.2) is 17.8 Å². The molecule has 0 aromatic rings. The van der Waals surface area contributed by atoms with Gasteiger partial charge in [-0.15, -0.1) is 0 Å². The van der Waals surface area contributed by atoms with E-state index >= 15 is 0 Å². The lowest BCUT2D eigenvalue weighted by Gasteiger charge is -2.12. The van der Waals surface area contributed by atoms with Gasteiger partial charge in [0.1, 0.15) is 0 Å². The molecule has 0 aliphatic heterocycles. The lowest BCUT2D eigenvalue weighted by molar-refractivity contribution is 0.208. The third-order valence-electron chi connectivity index (χ3n) is 2.33. The Labute approximate surface area is 62.4 Å². The van der Waals surface area contributed by atoms with Crippen molar-refractivity contribution in [3.8, 4) is 0 Å². The zero-order chi connectivity index (χ0) is 7.40. The van der Waals surface area contributed by atoms with Crippen LogP contribution in [0.4, 0.5) is 0 Å². The third-order valence-corrected chi connectivity index (χ3v) is 2.33. The van der Waals surface area contributed by atoms with Gasteiger partial charge in [0.25, 0.3) is 0 Å². The Morgan fingerprint density at radius 3 is 2.70 bits per heavy atom. The summed E-state index contributed by atoms with van der Waals surface area (Å²) in [7, 11) is 0. The van der Waals surface area contributed by atoms with Crippen LogP contribution in [0.1, 0.15) is 32.1 Å². The van der Waals surface area contributed by atoms with Gasteiger partial charge in [0, 0.05) is 12.6 Å². The smallest absolute Gasteiger partial charge is 0.0459 e. The first kappa shape index (κ1) is 8.02. The van der Waals surface area contributed by atoms with Gasteiger partial charge in [-0.1, -0.05) is 12.8 Å². The maximum absolute atomic E-state index is 8.88. The number of rotatable bonds is 1. The second kappa shape index (κ2) is 3.94. The average Bonchev–Trinajstić information content (AvgIpc) is 2.13. The third kappa shape index (κ3) is 2.27. The highest BCUT2D eigenvalue weighted by Crippen LogP contribution is 2.21. The van der Waals surface area contributed by atoms with Crippen LogP contribution < -0.4 is 5.73 Å². The highest BCUT2D eigenvalue weighted by Gasteiger charge is 2.15. The van der Waals surface area contributed by atoms with Crippen molar-refractivity contribution in [3.63, 3.8) is 0 Å². The Balaban J connectivity index is 2.30. The standard InChI is InChI=1S/C8H17NO/c9-8-4-2-1-3-7(5-8)6-10/h7-8,10H,1-6,9H2. The van der Waals surface area contributed by atoms with Crippen molar-refractivity contribution in [3.05, 3.63) is 0 Å². The van der Waals surface area contributed by atoms with E-state index in [-0.39, 0.29) is 0 Å². The Hall–Kier alpha value is -0.0800. The van der Waals surface area contributed by atoms with Crippen LogP contribution in [0.3, 0.4) is 0 Å². The fourth-order valence-electron chi connectivity index (χ4n) is 1.67. The molecule has 0 bridgehead atoms. The molecule has 2 heteroatoms. The number of hydrogen-bond donors (Lipinski definition) is 2. The first-order valence-corrected chi connectivity index (χ1v) is 4.19. The largest absolute Gasteiger partial charge is 0.396 e. The summed E-state index contributed by atoms with van der Waals surface area (Å²) in [4.78, 5) is 0. The van der Waals surface area contributed by atoms with Gasteiger partial charge in [-0.3, -0.25) is 0 Å². The predicted molar refractivity (Wildman–Crippen MR) is 41.6 cm³/mol. The molecule has 0 aromatic carbocycles. The maximum Gasteiger partial charge on any atom is 0.0459 e. The molecule has 10 heavy (non-hydrogen) atoms. The molecular formula is C8H17NO. The molecule has 1 rings (SSSR count). The first-order valence-electron chi connectivity index (χ1n) is 4.19. The van der Waals surface area contributed by atoms with Crippen LogP contribution in [0.2, 0.25) is 0 Å². The van der Waals surface area contributed by atoms with E-state index in [4.69, 9.17) is 10.8 Å². The summed E-state index contributed by atoms with van der Waals surface area (Å²) in [5, 5.41) is 8.88. The molecule has 0 amide bonds. The Bertz CT molecular complexity index is 95.3. The minimum atomic E-state index is 0.327. The van der Waals surface area contributed by atoms with Gasteiger partial charge < -0.3 is 10.8 Å². The molecule has 2 nitrogen and oxygen atoms in total. The van der Waals surface area contributed by atoms with E-state index in [9.17, 15) is 0 Å². The topological polar surface area (TPSA) is 46.2 Å². The minimum absolute atomic E-state index is 0.327. The van der Waals surface area contributed by atoms with Crippen LogP contribution in [0.25, 0.3) is 0 Å². The molecule has 60 valence electrons. The van der Waals surface area contributed by atoms with Crippen molar-refractivity contribution in [2.24, 2.45) is 11.7 Å². The van der Waals surface area contributed by atoms with E-state index in [0.717, 1.165) is 12.8 Å². The summed E-state index contributed by atoms with van der Waals surface area (Å²) in [6.07, 6.45) is 5.84. The van der Waals surface area contributed by atoms with E-state index in [1.807, 2.05) is 0 Å². The second-order valence-electron chi connectivity index (χ2n) is 3.33. The Morgan fingerprint density at radius 1 is 1.30 bits per heavy atom. The second-order valence-corrected chi connectivity index (χ2v) is 3.33. The van der Waals surface area contributed by atoms with Crippen molar-refractivity contribution in [1.82, 2.24) is 0 Å². The minimum Gasteiger partial charge on any atom is -0.396 e. The molecule has 2 atom stereocenters. The van der Waals surface area contributed by atoms with E-state index in [1.54, 1.807) is 0 Å². The van der Waals surface area contributed by atoms with E-state index < -0.39 is 0 Å². The molecule has 1 fully saturated rings. The van der Waals surface area contributed by atoms with Gasteiger partial charge in [0.05, 0.1) is 0 Å². The maximum atomic E-state index is 8.88. The lowest BCUT2D eigenvalue weighted by Crippen LogP contribution is -2.22. The molecule has 1 aliphatic rings. The zero-order valence-corrected chi connectivity index (χ0v) is 6.42. The first-order chi connectivity index (χ1) is 4.83. The van der Waals surface area contributed by atoms with Gasteiger partial charge in [-0.25, -0.2) is 0 Å². The fraction of sp³-hybridized carbons (Fsp3) is 1.00. The molecule has 0 saturated heterocycles. The number of hydrogen-bond acceptors (Lipinski definition) is 2. The van der Waals surface area contributed by atoms with Crippen LogP contribution in [0.5, 0.6) is 0 Å². The monoisotopic (exact) mass is 143 g/mol. The average molecular weight is 143 g/mol. The highest BCUT2D eigenvalue weighted by molar-refractivity contribution is 4.72. The molecule has 1 saturated carbocycles. The summed E-state index contributed by atoms with van der Waals surface area (Å²) in [5.41, 5.74) is 5.79. The molecule has 0 aromatic heterocycles. The molecule has 0 radical (unpaired) electrons. The molecule has 1 aliphatic carbocycles. The number of aliphatic hydroxyl groups excluding tert-OH is 1. The van der Waals surface area contributed by atoms with Gasteiger partial charge >= 0.3 is 0 Å². The predicted octanol–water partition coefficient (Wildman–Crippen LogP) is 0.886. The van der Waals surface area contributed by atoms with Gasteiger partial charge in [0.15, 0.2) is 0 Å². The lowest BCUT2D eigenvalue weighted by atomic mass is 10.00. The summed E-state index contributed by atoms with van der Waals surface area (Å²) in [5.74, 6) is 0.484. The van der Waals surface area contributed by atoms with Crippen molar-refractivity contribution in [2.45, 2.75) is 38.1 Å². The quantitative estimate of drug-likeness (QED) is 0.535. The molecular weight excluding hydrogens is 126 g/mol. The summed E-state index contributed by atoms with van der Waals surface area (Å²) < 4.78 is 0. The van der Waals surface area contributed by atoms with E-state index in [2.05, 4.69) is 0 Å². The van der Waals surface area contributed by atoms with Gasteiger partial charge in [-0.05, 0) is 25.2 Å². The van der Waals surface area contributed by atoms with Crippen molar-refractivity contribution in [2.75, 3.05) is 6.61 Å². The van der Waals surface area contributed by atoms with Gasteiger partial charge in [0.2, 0.25) is 0 Å². The van der Waals surface area contributed by atoms with Crippen molar-refractivity contribution in [1.29, 1.82) is 0 Å². The van der Waals surface area contributed by atoms with Gasteiger partial charge in [-0.2, -0.15) is 0 Å². The summed E-state index contributed by atoms with van der Waals surface area (Å²) in [6.45, 7) is 0.327. The fourth-order valence-corrected chi connectivity index (χ4v) is 1.67. The molecule has 0 heterocycles. The SMILES string of the molecule is NC1CCCCC(CO)C1. The van der Waals surface area contributed by atoms with Crippen LogP contribution in [0, 0.1) is 5.92 Å². The van der Waals surface area contributed by atoms with E-state index in [0.29, 0.717) is 18.6 Å². The Kier molecular flexibility index (Phi) is 3.16. The highest BCUT2D eigenvalue weighted by atomic mass is 16.3. The van der Waals surface area contributed by atoms with Crippen LogP contribution in [0.15, 0.2) is 0 Å². The molecule has 0 spiro atoms. The summed E-state index contributed by atoms with van der Waals surface area (Å²) >= 11 is 0. The summed E-state index contributed by atoms with van der Waals surface area (Å²) in [6, 6.07) is 0.347. The zero-order valence-electron chi connectivity index (χ0n) is 6.42. The molecule has 3 N–H and O–H groups in total. The van der Waals surface area contributed by atoms with E-state index in [1.165, 1.54) is 19.3 Å². The van der Waals surface area contributed by atoms with Crippen LogP contribution in [-0.2, 0) is 0 Å². The Morgan fingerprint density at radius 2 is 2.00 bits per heavy atom. The van der Waals surface area contributed by atoms with Crippen molar-refractivity contribution >= 4 is 0 Å². The number of nitrogens with two attached hydrogens (primary N) is 1. The van der Waals surface area contributed by atoms with Crippen molar-refractivity contribution < 1.29 is 5.11 Å². The normalized spacial score (nSPS) is 35.4. The number of aliphatic hydroxyl groups is 1. The molecule has 2 unspecified atom stereocenters.